The fraction of sp³-hybridized carbons (Fsp3) is 0.889. The van der Waals surface area contributed by atoms with Crippen LogP contribution in [0.1, 0.15) is 20.3 Å². The second-order valence-electron chi connectivity index (χ2n) is 3.80. The van der Waals surface area contributed by atoms with Crippen LogP contribution in [0.3, 0.4) is 0 Å². The lowest BCUT2D eigenvalue weighted by molar-refractivity contribution is -0.156. The van der Waals surface area contributed by atoms with Crippen molar-refractivity contribution in [3.05, 3.63) is 0 Å². The maximum absolute atomic E-state index is 11.2. The topological polar surface area (TPSA) is 47.6 Å². The predicted octanol–water partition coefficient (Wildman–Crippen LogP) is 0.725. The molecule has 0 amide bonds. The number of carbonyl (C=O) groups is 1. The van der Waals surface area contributed by atoms with Gasteiger partial charge >= 0.3 is 5.97 Å². The molecule has 1 fully saturated rings. The summed E-state index contributed by atoms with van der Waals surface area (Å²) in [5, 5.41) is 0. The Hall–Kier alpha value is -0.610. The minimum absolute atomic E-state index is 0.243. The molecule has 0 saturated carbocycles. The van der Waals surface area contributed by atoms with E-state index >= 15 is 0 Å². The summed E-state index contributed by atoms with van der Waals surface area (Å²) in [6, 6.07) is 0. The Labute approximate surface area is 78.5 Å². The molecule has 76 valence electrons. The minimum atomic E-state index is -0.424. The molecule has 0 spiro atoms. The standard InChI is InChI=1S/C9H17NO3/c1-6(2)4-7-5-10-13-8(7)9(11)12-3/h6-8,10H,4-5H2,1-3H3. The van der Waals surface area contributed by atoms with Crippen molar-refractivity contribution < 1.29 is 14.4 Å². The normalized spacial score (nSPS) is 28.0. The molecule has 0 aromatic rings. The van der Waals surface area contributed by atoms with Gasteiger partial charge in [-0.3, -0.25) is 4.84 Å². The van der Waals surface area contributed by atoms with Gasteiger partial charge in [-0.1, -0.05) is 13.8 Å². The van der Waals surface area contributed by atoms with Gasteiger partial charge < -0.3 is 4.74 Å². The Kier molecular flexibility index (Phi) is 3.69. The van der Waals surface area contributed by atoms with Gasteiger partial charge in [0.05, 0.1) is 7.11 Å². The highest BCUT2D eigenvalue weighted by atomic mass is 16.7. The van der Waals surface area contributed by atoms with Crippen molar-refractivity contribution in [1.82, 2.24) is 5.48 Å². The molecule has 1 aliphatic heterocycles. The van der Waals surface area contributed by atoms with E-state index in [0.29, 0.717) is 5.92 Å². The van der Waals surface area contributed by atoms with Gasteiger partial charge in [-0.05, 0) is 12.3 Å². The molecule has 4 nitrogen and oxygen atoms in total. The summed E-state index contributed by atoms with van der Waals surface area (Å²) < 4.78 is 4.64. The quantitative estimate of drug-likeness (QED) is 0.661. The van der Waals surface area contributed by atoms with Crippen molar-refractivity contribution >= 4 is 5.97 Å². The van der Waals surface area contributed by atoms with Crippen LogP contribution in [-0.2, 0) is 14.4 Å². The molecule has 1 N–H and O–H groups in total. The number of hydrogen-bond acceptors (Lipinski definition) is 4. The maximum Gasteiger partial charge on any atom is 0.337 e. The molecule has 0 radical (unpaired) electrons. The Morgan fingerprint density at radius 1 is 1.69 bits per heavy atom. The second-order valence-corrected chi connectivity index (χ2v) is 3.80. The lowest BCUT2D eigenvalue weighted by atomic mass is 9.93. The van der Waals surface area contributed by atoms with Crippen LogP contribution < -0.4 is 5.48 Å². The van der Waals surface area contributed by atoms with Gasteiger partial charge in [-0.15, -0.1) is 0 Å². The van der Waals surface area contributed by atoms with Crippen molar-refractivity contribution in [1.29, 1.82) is 0 Å². The lowest BCUT2D eigenvalue weighted by Gasteiger charge is -2.16. The van der Waals surface area contributed by atoms with Crippen LogP contribution in [0.15, 0.2) is 0 Å². The van der Waals surface area contributed by atoms with Crippen LogP contribution in [0.4, 0.5) is 0 Å². The first kappa shape index (κ1) is 10.5. The molecule has 1 aliphatic rings. The fourth-order valence-corrected chi connectivity index (χ4v) is 1.62. The molecule has 13 heavy (non-hydrogen) atoms. The Bertz CT molecular complexity index is 182. The first-order valence-electron chi connectivity index (χ1n) is 4.61. The number of hydrogen-bond donors (Lipinski definition) is 1. The van der Waals surface area contributed by atoms with Gasteiger partial charge in [0.1, 0.15) is 0 Å². The van der Waals surface area contributed by atoms with E-state index in [1.807, 2.05) is 0 Å². The summed E-state index contributed by atoms with van der Waals surface area (Å²) in [6.45, 7) is 5.00. The summed E-state index contributed by atoms with van der Waals surface area (Å²) in [5.74, 6) is 0.531. The molecule has 0 aliphatic carbocycles. The largest absolute Gasteiger partial charge is 0.467 e. The number of methoxy groups -OCH3 is 1. The summed E-state index contributed by atoms with van der Waals surface area (Å²) in [5.41, 5.74) is 2.74. The van der Waals surface area contributed by atoms with Crippen LogP contribution in [0.25, 0.3) is 0 Å². The average Bonchev–Trinajstić information content (AvgIpc) is 2.50. The summed E-state index contributed by atoms with van der Waals surface area (Å²) in [4.78, 5) is 16.3. The van der Waals surface area contributed by atoms with E-state index in [9.17, 15) is 4.79 Å². The zero-order valence-electron chi connectivity index (χ0n) is 8.37. The SMILES string of the molecule is COC(=O)C1ONCC1CC(C)C. The van der Waals surface area contributed by atoms with Crippen molar-refractivity contribution in [3.8, 4) is 0 Å². The Balaban J connectivity index is 2.48. The number of rotatable bonds is 3. The van der Waals surface area contributed by atoms with Crippen LogP contribution in [0.2, 0.25) is 0 Å². The molecule has 4 heteroatoms. The van der Waals surface area contributed by atoms with Crippen molar-refractivity contribution in [2.75, 3.05) is 13.7 Å². The Morgan fingerprint density at radius 3 is 2.92 bits per heavy atom. The molecular formula is C9H17NO3. The van der Waals surface area contributed by atoms with E-state index < -0.39 is 6.10 Å². The van der Waals surface area contributed by atoms with Crippen LogP contribution in [-0.4, -0.2) is 25.7 Å². The third kappa shape index (κ3) is 2.67. The van der Waals surface area contributed by atoms with E-state index in [0.717, 1.165) is 13.0 Å². The lowest BCUT2D eigenvalue weighted by Crippen LogP contribution is -2.29. The molecule has 1 heterocycles. The van der Waals surface area contributed by atoms with Crippen LogP contribution in [0, 0.1) is 11.8 Å². The Morgan fingerprint density at radius 2 is 2.38 bits per heavy atom. The van der Waals surface area contributed by atoms with Gasteiger partial charge in [-0.25, -0.2) is 10.3 Å². The number of ether oxygens (including phenoxy) is 1. The summed E-state index contributed by atoms with van der Waals surface area (Å²) in [7, 11) is 1.39. The van der Waals surface area contributed by atoms with Crippen molar-refractivity contribution in [2.45, 2.75) is 26.4 Å². The van der Waals surface area contributed by atoms with Gasteiger partial charge in [-0.2, -0.15) is 0 Å². The first-order chi connectivity index (χ1) is 6.15. The molecule has 2 atom stereocenters. The molecule has 2 unspecified atom stereocenters. The van der Waals surface area contributed by atoms with Gasteiger partial charge in [0.2, 0.25) is 0 Å². The summed E-state index contributed by atoms with van der Waals surface area (Å²) >= 11 is 0. The smallest absolute Gasteiger partial charge is 0.337 e. The van der Waals surface area contributed by atoms with Crippen LogP contribution in [0.5, 0.6) is 0 Å². The maximum atomic E-state index is 11.2. The number of esters is 1. The van der Waals surface area contributed by atoms with Crippen LogP contribution >= 0.6 is 0 Å². The molecule has 0 bridgehead atoms. The summed E-state index contributed by atoms with van der Waals surface area (Å²) in [6.07, 6.45) is 0.555. The highest BCUT2D eigenvalue weighted by Gasteiger charge is 2.35. The van der Waals surface area contributed by atoms with E-state index in [4.69, 9.17) is 4.84 Å². The molecule has 1 saturated heterocycles. The average molecular weight is 187 g/mol. The zero-order chi connectivity index (χ0) is 9.84. The highest BCUT2D eigenvalue weighted by Crippen LogP contribution is 2.21. The number of carbonyl (C=O) groups excluding carboxylic acids is 1. The van der Waals surface area contributed by atoms with Gasteiger partial charge in [0, 0.05) is 12.5 Å². The molecule has 0 aromatic carbocycles. The molecule has 0 aromatic heterocycles. The third-order valence-electron chi connectivity index (χ3n) is 2.19. The fourth-order valence-electron chi connectivity index (χ4n) is 1.62. The minimum Gasteiger partial charge on any atom is -0.467 e. The first-order valence-corrected chi connectivity index (χ1v) is 4.61. The molecule has 1 rings (SSSR count). The van der Waals surface area contributed by atoms with E-state index in [1.54, 1.807) is 0 Å². The van der Waals surface area contributed by atoms with Crippen molar-refractivity contribution in [2.24, 2.45) is 11.8 Å². The van der Waals surface area contributed by atoms with E-state index in [2.05, 4.69) is 24.1 Å². The number of nitrogens with one attached hydrogen (secondary N) is 1. The van der Waals surface area contributed by atoms with E-state index in [1.165, 1.54) is 7.11 Å². The number of hydroxylamine groups is 1. The van der Waals surface area contributed by atoms with Gasteiger partial charge in [0.15, 0.2) is 6.10 Å². The third-order valence-corrected chi connectivity index (χ3v) is 2.19. The van der Waals surface area contributed by atoms with Gasteiger partial charge in [0.25, 0.3) is 0 Å². The molecular weight excluding hydrogens is 170 g/mol. The predicted molar refractivity (Wildman–Crippen MR) is 47.8 cm³/mol. The second kappa shape index (κ2) is 4.58. The van der Waals surface area contributed by atoms with E-state index in [-0.39, 0.29) is 11.9 Å². The van der Waals surface area contributed by atoms with Crippen molar-refractivity contribution in [3.63, 3.8) is 0 Å². The zero-order valence-corrected chi connectivity index (χ0v) is 8.37. The highest BCUT2D eigenvalue weighted by molar-refractivity contribution is 5.75. The monoisotopic (exact) mass is 187 g/mol.